The van der Waals surface area contributed by atoms with Crippen molar-refractivity contribution in [2.45, 2.75) is 19.4 Å². The van der Waals surface area contributed by atoms with Crippen molar-refractivity contribution in [1.29, 1.82) is 0 Å². The third-order valence-corrected chi connectivity index (χ3v) is 2.69. The van der Waals surface area contributed by atoms with Crippen molar-refractivity contribution in [1.82, 2.24) is 9.88 Å². The number of pyridine rings is 1. The van der Waals surface area contributed by atoms with Crippen LogP contribution in [0.5, 0.6) is 0 Å². The summed E-state index contributed by atoms with van der Waals surface area (Å²) in [6.45, 7) is 2.90. The molecule has 0 aliphatic carbocycles. The average molecular weight is 272 g/mol. The molecule has 1 atom stereocenters. The van der Waals surface area contributed by atoms with Gasteiger partial charge >= 0.3 is 5.97 Å². The van der Waals surface area contributed by atoms with E-state index in [-0.39, 0.29) is 16.8 Å². The van der Waals surface area contributed by atoms with E-state index in [1.54, 1.807) is 0 Å². The number of hydrogen-bond donors (Lipinski definition) is 2. The van der Waals surface area contributed by atoms with Crippen LogP contribution >= 0.6 is 11.6 Å². The third-order valence-electron chi connectivity index (χ3n) is 2.48. The van der Waals surface area contributed by atoms with E-state index in [0.29, 0.717) is 5.82 Å². The summed E-state index contributed by atoms with van der Waals surface area (Å²) < 4.78 is 0. The molecule has 0 saturated carbocycles. The number of aromatic carboxylic acids is 1. The molecule has 1 heterocycles. The van der Waals surface area contributed by atoms with Crippen LogP contribution in [0.2, 0.25) is 5.15 Å². The van der Waals surface area contributed by atoms with Crippen LogP contribution in [-0.2, 0) is 0 Å². The lowest BCUT2D eigenvalue weighted by atomic mass is 10.2. The third kappa shape index (κ3) is 4.50. The minimum Gasteiger partial charge on any atom is -0.478 e. The quantitative estimate of drug-likeness (QED) is 0.777. The smallest absolute Gasteiger partial charge is 0.339 e. The van der Waals surface area contributed by atoms with Crippen molar-refractivity contribution in [3.63, 3.8) is 0 Å². The topological polar surface area (TPSA) is 65.5 Å². The van der Waals surface area contributed by atoms with Crippen LogP contribution in [0.3, 0.4) is 0 Å². The molecule has 6 heteroatoms. The van der Waals surface area contributed by atoms with Crippen LogP contribution < -0.4 is 5.32 Å². The Morgan fingerprint density at radius 3 is 2.78 bits per heavy atom. The first-order chi connectivity index (χ1) is 8.40. The molecule has 2 N–H and O–H groups in total. The summed E-state index contributed by atoms with van der Waals surface area (Å²) >= 11 is 5.78. The Balaban J connectivity index is 2.76. The van der Waals surface area contributed by atoms with E-state index in [9.17, 15) is 4.79 Å². The summed E-state index contributed by atoms with van der Waals surface area (Å²) in [6.07, 6.45) is 0.889. The summed E-state index contributed by atoms with van der Waals surface area (Å²) in [5, 5.41) is 12.4. The van der Waals surface area contributed by atoms with E-state index >= 15 is 0 Å². The summed E-state index contributed by atoms with van der Waals surface area (Å²) in [7, 11) is 3.99. The van der Waals surface area contributed by atoms with Crippen molar-refractivity contribution in [2.24, 2.45) is 0 Å². The molecular formula is C12H18ClN3O2. The first-order valence-corrected chi connectivity index (χ1v) is 6.09. The molecule has 0 spiro atoms. The molecule has 0 aliphatic heterocycles. The second-order valence-electron chi connectivity index (χ2n) is 4.47. The number of aromatic nitrogens is 1. The molecule has 0 radical (unpaired) electrons. The van der Waals surface area contributed by atoms with Crippen molar-refractivity contribution >= 4 is 23.4 Å². The average Bonchev–Trinajstić information content (AvgIpc) is 2.26. The summed E-state index contributed by atoms with van der Waals surface area (Å²) in [4.78, 5) is 17.1. The Labute approximate surface area is 112 Å². The maximum absolute atomic E-state index is 11.0. The molecule has 100 valence electrons. The fraction of sp³-hybridized carbons (Fsp3) is 0.500. The number of carbonyl (C=O) groups is 1. The zero-order valence-electron chi connectivity index (χ0n) is 10.8. The number of nitrogens with zero attached hydrogens (tertiary/aromatic N) is 2. The Morgan fingerprint density at radius 1 is 1.56 bits per heavy atom. The molecule has 1 rings (SSSR count). The van der Waals surface area contributed by atoms with Crippen molar-refractivity contribution in [2.75, 3.05) is 26.0 Å². The second kappa shape index (κ2) is 6.56. The highest BCUT2D eigenvalue weighted by molar-refractivity contribution is 6.29. The Morgan fingerprint density at radius 2 is 2.22 bits per heavy atom. The van der Waals surface area contributed by atoms with E-state index in [1.807, 2.05) is 21.0 Å². The highest BCUT2D eigenvalue weighted by Crippen LogP contribution is 2.18. The van der Waals surface area contributed by atoms with Gasteiger partial charge in [-0.3, -0.25) is 0 Å². The molecule has 0 amide bonds. The van der Waals surface area contributed by atoms with E-state index in [4.69, 9.17) is 16.7 Å². The molecule has 1 aromatic heterocycles. The molecule has 0 saturated heterocycles. The van der Waals surface area contributed by atoms with Gasteiger partial charge in [-0.1, -0.05) is 11.6 Å². The van der Waals surface area contributed by atoms with Crippen LogP contribution in [0.25, 0.3) is 0 Å². The number of nitrogens with one attached hydrogen (secondary N) is 1. The fourth-order valence-corrected chi connectivity index (χ4v) is 1.62. The molecule has 18 heavy (non-hydrogen) atoms. The monoisotopic (exact) mass is 271 g/mol. The molecule has 0 fully saturated rings. The van der Waals surface area contributed by atoms with E-state index < -0.39 is 5.97 Å². The van der Waals surface area contributed by atoms with Gasteiger partial charge in [0.15, 0.2) is 0 Å². The lowest BCUT2D eigenvalue weighted by Gasteiger charge is -2.18. The van der Waals surface area contributed by atoms with Gasteiger partial charge in [-0.15, -0.1) is 0 Å². The second-order valence-corrected chi connectivity index (χ2v) is 4.86. The lowest BCUT2D eigenvalue weighted by molar-refractivity contribution is 0.0697. The zero-order chi connectivity index (χ0) is 13.7. The maximum Gasteiger partial charge on any atom is 0.339 e. The van der Waals surface area contributed by atoms with E-state index in [1.165, 1.54) is 12.1 Å². The van der Waals surface area contributed by atoms with E-state index in [0.717, 1.165) is 13.0 Å². The number of carboxylic acids is 1. The van der Waals surface area contributed by atoms with Gasteiger partial charge in [-0.25, -0.2) is 9.78 Å². The normalized spacial score (nSPS) is 12.5. The Hall–Kier alpha value is -1.33. The number of carboxylic acid groups (broad SMARTS) is 1. The molecule has 0 aliphatic rings. The lowest BCUT2D eigenvalue weighted by Crippen LogP contribution is -2.24. The first-order valence-electron chi connectivity index (χ1n) is 5.71. The molecule has 1 aromatic rings. The van der Waals surface area contributed by atoms with Crippen LogP contribution in [0.4, 0.5) is 5.82 Å². The van der Waals surface area contributed by atoms with Gasteiger partial charge in [0.2, 0.25) is 0 Å². The minimum absolute atomic E-state index is 0.122. The number of hydrogen-bond acceptors (Lipinski definition) is 4. The van der Waals surface area contributed by atoms with Gasteiger partial charge in [0.05, 0.1) is 0 Å². The highest BCUT2D eigenvalue weighted by atomic mass is 35.5. The maximum atomic E-state index is 11.0. The van der Waals surface area contributed by atoms with Crippen LogP contribution in [0.1, 0.15) is 23.7 Å². The molecule has 5 nitrogen and oxygen atoms in total. The Kier molecular flexibility index (Phi) is 5.37. The minimum atomic E-state index is -1.01. The van der Waals surface area contributed by atoms with Gasteiger partial charge in [-0.2, -0.15) is 0 Å². The molecular weight excluding hydrogens is 254 g/mol. The van der Waals surface area contributed by atoms with E-state index in [2.05, 4.69) is 15.2 Å². The number of anilines is 1. The van der Waals surface area contributed by atoms with Crippen LogP contribution in [0, 0.1) is 0 Å². The van der Waals surface area contributed by atoms with Gasteiger partial charge < -0.3 is 15.3 Å². The predicted molar refractivity (Wildman–Crippen MR) is 72.5 cm³/mol. The van der Waals surface area contributed by atoms with Crippen LogP contribution in [-0.4, -0.2) is 47.6 Å². The summed E-state index contributed by atoms with van der Waals surface area (Å²) in [6, 6.07) is 3.05. The fourth-order valence-electron chi connectivity index (χ4n) is 1.48. The van der Waals surface area contributed by atoms with Crippen molar-refractivity contribution in [3.8, 4) is 0 Å². The summed E-state index contributed by atoms with van der Waals surface area (Å²) in [5.41, 5.74) is 0.135. The van der Waals surface area contributed by atoms with Gasteiger partial charge in [-0.05, 0) is 46.1 Å². The zero-order valence-corrected chi connectivity index (χ0v) is 11.5. The van der Waals surface area contributed by atoms with Crippen molar-refractivity contribution in [3.05, 3.63) is 22.8 Å². The number of rotatable bonds is 6. The largest absolute Gasteiger partial charge is 0.478 e. The van der Waals surface area contributed by atoms with Crippen LogP contribution in [0.15, 0.2) is 12.1 Å². The van der Waals surface area contributed by atoms with Gasteiger partial charge in [0, 0.05) is 6.04 Å². The molecule has 1 unspecified atom stereocenters. The Bertz CT molecular complexity index is 424. The van der Waals surface area contributed by atoms with Gasteiger partial charge in [0.25, 0.3) is 0 Å². The van der Waals surface area contributed by atoms with Crippen molar-refractivity contribution < 1.29 is 9.90 Å². The highest BCUT2D eigenvalue weighted by Gasteiger charge is 2.14. The number of halogens is 1. The van der Waals surface area contributed by atoms with Gasteiger partial charge in [0.1, 0.15) is 16.5 Å². The summed E-state index contributed by atoms with van der Waals surface area (Å²) in [5.74, 6) is -0.692. The first kappa shape index (κ1) is 14.7. The molecule has 0 aromatic carbocycles. The predicted octanol–water partition coefficient (Wildman–Crippen LogP) is 2.19. The standard InChI is InChI=1S/C12H18ClN3O2/c1-8(6-7-16(2)3)14-11-9(12(17)18)4-5-10(13)15-11/h4-5,8H,6-7H2,1-3H3,(H,14,15)(H,17,18). The SMILES string of the molecule is CC(CCN(C)C)Nc1nc(Cl)ccc1C(=O)O. The molecule has 0 bridgehead atoms.